The van der Waals surface area contributed by atoms with Crippen molar-refractivity contribution in [3.63, 3.8) is 0 Å². The summed E-state index contributed by atoms with van der Waals surface area (Å²) in [6, 6.07) is 3.96. The first-order valence-electron chi connectivity index (χ1n) is 6.40. The molecular formula is C14H14BrNO6. The molecule has 1 rings (SSSR count). The summed E-state index contributed by atoms with van der Waals surface area (Å²) in [5.74, 6) is -1.63. The molecule has 22 heavy (non-hydrogen) atoms. The normalized spacial score (nSPS) is 9.77. The summed E-state index contributed by atoms with van der Waals surface area (Å²) in [5, 5.41) is 10.7. The maximum atomic E-state index is 11.8. The molecule has 0 aliphatic heterocycles. The monoisotopic (exact) mass is 371 g/mol. The van der Waals surface area contributed by atoms with E-state index < -0.39 is 16.9 Å². The van der Waals surface area contributed by atoms with Crippen LogP contribution in [0.3, 0.4) is 0 Å². The third-order valence-corrected chi connectivity index (χ3v) is 3.17. The number of halogens is 1. The highest BCUT2D eigenvalue weighted by atomic mass is 79.9. The van der Waals surface area contributed by atoms with Gasteiger partial charge in [0.25, 0.3) is 5.69 Å². The van der Waals surface area contributed by atoms with Crippen molar-refractivity contribution in [3.05, 3.63) is 43.9 Å². The summed E-state index contributed by atoms with van der Waals surface area (Å²) in [6.07, 6.45) is 1.27. The molecule has 0 saturated carbocycles. The van der Waals surface area contributed by atoms with Crippen molar-refractivity contribution >= 4 is 39.6 Å². The maximum Gasteiger partial charge on any atom is 0.345 e. The zero-order chi connectivity index (χ0) is 16.7. The second-order valence-corrected chi connectivity index (χ2v) is 4.82. The van der Waals surface area contributed by atoms with E-state index in [0.717, 1.165) is 0 Å². The summed E-state index contributed by atoms with van der Waals surface area (Å²) in [5.41, 5.74) is 0.0257. The van der Waals surface area contributed by atoms with Crippen LogP contribution in [0.25, 0.3) is 6.08 Å². The Balaban J connectivity index is 3.23. The minimum Gasteiger partial charge on any atom is -0.462 e. The van der Waals surface area contributed by atoms with Crippen molar-refractivity contribution in [2.75, 3.05) is 13.2 Å². The van der Waals surface area contributed by atoms with Gasteiger partial charge < -0.3 is 9.47 Å². The number of carbonyl (C=O) groups excluding carboxylic acids is 2. The van der Waals surface area contributed by atoms with Crippen LogP contribution in [-0.4, -0.2) is 30.1 Å². The molecule has 1 aromatic rings. The van der Waals surface area contributed by atoms with E-state index >= 15 is 0 Å². The van der Waals surface area contributed by atoms with E-state index in [0.29, 0.717) is 10.0 Å². The van der Waals surface area contributed by atoms with Crippen LogP contribution < -0.4 is 0 Å². The lowest BCUT2D eigenvalue weighted by Crippen LogP contribution is -2.18. The topological polar surface area (TPSA) is 95.7 Å². The lowest BCUT2D eigenvalue weighted by molar-refractivity contribution is -0.384. The van der Waals surface area contributed by atoms with Gasteiger partial charge in [-0.05, 0) is 47.5 Å². The fraction of sp³-hybridized carbons (Fsp3) is 0.286. The molecule has 1 aromatic carbocycles. The number of nitro benzene ring substituents is 1. The number of hydrogen-bond donors (Lipinski definition) is 0. The Morgan fingerprint density at radius 3 is 2.18 bits per heavy atom. The number of ether oxygens (including phenoxy) is 2. The summed E-state index contributed by atoms with van der Waals surface area (Å²) in [4.78, 5) is 33.8. The van der Waals surface area contributed by atoms with Crippen molar-refractivity contribution in [3.8, 4) is 0 Å². The summed E-state index contributed by atoms with van der Waals surface area (Å²) < 4.78 is 10.00. The van der Waals surface area contributed by atoms with Crippen molar-refractivity contribution in [1.82, 2.24) is 0 Å². The standard InChI is InChI=1S/C14H14BrNO6/c1-3-21-13(17)11(14(18)22-4-2)7-9-5-6-10(16(19)20)8-12(9)15/h5-8H,3-4H2,1-2H3. The van der Waals surface area contributed by atoms with Gasteiger partial charge in [-0.1, -0.05) is 0 Å². The number of hydrogen-bond acceptors (Lipinski definition) is 6. The molecular weight excluding hydrogens is 358 g/mol. The van der Waals surface area contributed by atoms with Gasteiger partial charge in [0.1, 0.15) is 5.57 Å². The number of benzene rings is 1. The summed E-state index contributed by atoms with van der Waals surface area (Å²) >= 11 is 3.17. The highest BCUT2D eigenvalue weighted by Gasteiger charge is 2.21. The van der Waals surface area contributed by atoms with E-state index in [1.165, 1.54) is 24.3 Å². The molecule has 0 unspecified atom stereocenters. The largest absolute Gasteiger partial charge is 0.462 e. The number of nitro groups is 1. The number of nitrogens with zero attached hydrogens (tertiary/aromatic N) is 1. The van der Waals surface area contributed by atoms with Gasteiger partial charge >= 0.3 is 11.9 Å². The summed E-state index contributed by atoms with van der Waals surface area (Å²) in [7, 11) is 0. The van der Waals surface area contributed by atoms with Crippen LogP contribution in [0.2, 0.25) is 0 Å². The Hall–Kier alpha value is -2.22. The lowest BCUT2D eigenvalue weighted by Gasteiger charge is -2.07. The third-order valence-electron chi connectivity index (χ3n) is 2.49. The fourth-order valence-corrected chi connectivity index (χ4v) is 2.00. The van der Waals surface area contributed by atoms with Gasteiger partial charge in [0, 0.05) is 16.6 Å². The SMILES string of the molecule is CCOC(=O)C(=Cc1ccc([N+](=O)[O-])cc1Br)C(=O)OCC. The Kier molecular flexibility index (Phi) is 6.71. The molecule has 0 radical (unpaired) electrons. The number of non-ortho nitro benzene ring substituents is 1. The third kappa shape index (κ3) is 4.66. The predicted molar refractivity (Wildman–Crippen MR) is 82.0 cm³/mol. The van der Waals surface area contributed by atoms with Gasteiger partial charge in [0.2, 0.25) is 0 Å². The second kappa shape index (κ2) is 8.28. The molecule has 0 spiro atoms. The molecule has 0 atom stereocenters. The zero-order valence-corrected chi connectivity index (χ0v) is 13.6. The molecule has 118 valence electrons. The number of carbonyl (C=O) groups is 2. The quantitative estimate of drug-likeness (QED) is 0.190. The van der Waals surface area contributed by atoms with Crippen LogP contribution >= 0.6 is 15.9 Å². The first kappa shape index (κ1) is 17.8. The van der Waals surface area contributed by atoms with Crippen LogP contribution in [0, 0.1) is 10.1 Å². The van der Waals surface area contributed by atoms with E-state index in [1.54, 1.807) is 13.8 Å². The van der Waals surface area contributed by atoms with Crippen molar-refractivity contribution < 1.29 is 24.0 Å². The van der Waals surface area contributed by atoms with Gasteiger partial charge in [-0.2, -0.15) is 0 Å². The molecule has 0 saturated heterocycles. The van der Waals surface area contributed by atoms with Crippen molar-refractivity contribution in [2.45, 2.75) is 13.8 Å². The molecule has 8 heteroatoms. The molecule has 0 aromatic heterocycles. The van der Waals surface area contributed by atoms with Crippen LogP contribution in [0.5, 0.6) is 0 Å². The van der Waals surface area contributed by atoms with Gasteiger partial charge in [-0.15, -0.1) is 0 Å². The van der Waals surface area contributed by atoms with Crippen molar-refractivity contribution in [1.29, 1.82) is 0 Å². The highest BCUT2D eigenvalue weighted by Crippen LogP contribution is 2.25. The predicted octanol–water partition coefficient (Wildman–Crippen LogP) is 2.87. The zero-order valence-electron chi connectivity index (χ0n) is 12.0. The van der Waals surface area contributed by atoms with Crippen LogP contribution in [-0.2, 0) is 19.1 Å². The average Bonchev–Trinajstić information content (AvgIpc) is 2.46. The molecule has 0 aliphatic carbocycles. The molecule has 0 amide bonds. The smallest absolute Gasteiger partial charge is 0.345 e. The lowest BCUT2D eigenvalue weighted by atomic mass is 10.1. The van der Waals surface area contributed by atoms with Gasteiger partial charge in [0.15, 0.2) is 0 Å². The molecule has 0 bridgehead atoms. The van der Waals surface area contributed by atoms with Gasteiger partial charge in [-0.25, -0.2) is 9.59 Å². The molecule has 7 nitrogen and oxygen atoms in total. The first-order chi connectivity index (χ1) is 10.4. The Morgan fingerprint density at radius 1 is 1.23 bits per heavy atom. The fourth-order valence-electron chi connectivity index (χ4n) is 1.52. The molecule has 0 fully saturated rings. The van der Waals surface area contributed by atoms with Gasteiger partial charge in [0.05, 0.1) is 18.1 Å². The van der Waals surface area contributed by atoms with Gasteiger partial charge in [-0.3, -0.25) is 10.1 Å². The summed E-state index contributed by atoms with van der Waals surface area (Å²) in [6.45, 7) is 3.44. The number of rotatable bonds is 6. The van der Waals surface area contributed by atoms with Crippen LogP contribution in [0.1, 0.15) is 19.4 Å². The Labute approximate surface area is 135 Å². The Bertz CT molecular complexity index is 606. The molecule has 0 N–H and O–H groups in total. The highest BCUT2D eigenvalue weighted by molar-refractivity contribution is 9.10. The maximum absolute atomic E-state index is 11.8. The van der Waals surface area contributed by atoms with E-state index in [9.17, 15) is 19.7 Å². The van der Waals surface area contributed by atoms with Crippen molar-refractivity contribution in [2.24, 2.45) is 0 Å². The minimum atomic E-state index is -0.814. The molecule has 0 heterocycles. The minimum absolute atomic E-state index is 0.108. The van der Waals surface area contributed by atoms with E-state index in [4.69, 9.17) is 9.47 Å². The van der Waals surface area contributed by atoms with E-state index in [1.807, 2.05) is 0 Å². The first-order valence-corrected chi connectivity index (χ1v) is 7.19. The average molecular weight is 372 g/mol. The van der Waals surface area contributed by atoms with Crippen LogP contribution in [0.4, 0.5) is 5.69 Å². The number of esters is 2. The van der Waals surface area contributed by atoms with E-state index in [-0.39, 0.29) is 24.5 Å². The molecule has 0 aliphatic rings. The second-order valence-electron chi connectivity index (χ2n) is 3.96. The van der Waals surface area contributed by atoms with E-state index in [2.05, 4.69) is 15.9 Å². The van der Waals surface area contributed by atoms with Crippen LogP contribution in [0.15, 0.2) is 28.2 Å². The Morgan fingerprint density at radius 2 is 1.77 bits per heavy atom.